The Morgan fingerprint density at radius 2 is 2.04 bits per heavy atom. The van der Waals surface area contributed by atoms with Crippen LogP contribution in [0.4, 0.5) is 10.6 Å². The first-order valence-corrected chi connectivity index (χ1v) is 9.14. The van der Waals surface area contributed by atoms with E-state index in [-0.39, 0.29) is 12.1 Å². The van der Waals surface area contributed by atoms with Crippen molar-refractivity contribution in [2.75, 3.05) is 11.9 Å². The van der Waals surface area contributed by atoms with Crippen LogP contribution in [0, 0.1) is 13.8 Å². The van der Waals surface area contributed by atoms with E-state index in [9.17, 15) is 4.79 Å². The number of nitrogens with one attached hydrogen (secondary N) is 2. The van der Waals surface area contributed by atoms with E-state index in [1.165, 1.54) is 12.8 Å². The zero-order valence-corrected chi connectivity index (χ0v) is 14.8. The van der Waals surface area contributed by atoms with Crippen LogP contribution in [0.2, 0.25) is 0 Å². The molecular weight excluding hydrogens is 318 g/mol. The van der Waals surface area contributed by atoms with E-state index in [1.807, 2.05) is 29.6 Å². The van der Waals surface area contributed by atoms with Crippen LogP contribution < -0.4 is 5.32 Å². The largest absolute Gasteiger partial charge is 0.323 e. The van der Waals surface area contributed by atoms with Crippen LogP contribution in [-0.4, -0.2) is 42.4 Å². The van der Waals surface area contributed by atoms with Crippen molar-refractivity contribution in [3.05, 3.63) is 23.4 Å². The summed E-state index contributed by atoms with van der Waals surface area (Å²) in [4.78, 5) is 19.2. The lowest BCUT2D eigenvalue weighted by atomic mass is 10.2. The van der Waals surface area contributed by atoms with E-state index in [0.29, 0.717) is 11.9 Å². The molecule has 1 unspecified atom stereocenters. The van der Waals surface area contributed by atoms with Crippen molar-refractivity contribution < 1.29 is 4.79 Å². The third-order valence-electron chi connectivity index (χ3n) is 5.30. The van der Waals surface area contributed by atoms with E-state index in [4.69, 9.17) is 0 Å². The van der Waals surface area contributed by atoms with Crippen LogP contribution in [0.5, 0.6) is 0 Å². The minimum absolute atomic E-state index is 0.0619. The van der Waals surface area contributed by atoms with Crippen LogP contribution in [0.3, 0.4) is 0 Å². The number of rotatable bonds is 3. The number of hydrogen-bond acceptors (Lipinski definition) is 4. The minimum atomic E-state index is -0.0900. The molecule has 8 nitrogen and oxygen atoms in total. The highest BCUT2D eigenvalue weighted by Crippen LogP contribution is 2.34. The number of H-pyrrole nitrogens is 1. The van der Waals surface area contributed by atoms with E-state index in [0.717, 1.165) is 49.4 Å². The van der Waals surface area contributed by atoms with Crippen LogP contribution in [0.15, 0.2) is 6.20 Å². The van der Waals surface area contributed by atoms with Gasteiger partial charge in [0.25, 0.3) is 0 Å². The van der Waals surface area contributed by atoms with E-state index >= 15 is 0 Å². The first kappa shape index (κ1) is 16.1. The molecule has 0 radical (unpaired) electrons. The molecule has 4 rings (SSSR count). The number of urea groups is 1. The van der Waals surface area contributed by atoms with Gasteiger partial charge in [0.05, 0.1) is 18.3 Å². The minimum Gasteiger partial charge on any atom is -0.314 e. The van der Waals surface area contributed by atoms with Crippen molar-refractivity contribution in [1.29, 1.82) is 0 Å². The number of carbonyl (C=O) groups excluding carboxylic acids is 1. The van der Waals surface area contributed by atoms with Gasteiger partial charge in [0.2, 0.25) is 0 Å². The standard InChI is InChI=1S/C17H25N7O/c1-11-10-18-24(13-6-3-4-7-13)16(11)20-17(25)23-9-5-8-14(23)15-19-12(2)21-22-15/h10,13-14H,3-9H2,1-2H3,(H,20,25)(H,19,21,22). The third-order valence-corrected chi connectivity index (χ3v) is 5.30. The monoisotopic (exact) mass is 343 g/mol. The van der Waals surface area contributed by atoms with Crippen LogP contribution in [-0.2, 0) is 0 Å². The van der Waals surface area contributed by atoms with Crippen LogP contribution in [0.1, 0.15) is 67.8 Å². The second-order valence-electron chi connectivity index (χ2n) is 7.12. The number of likely N-dealkylation sites (tertiary alicyclic amines) is 1. The van der Waals surface area contributed by atoms with Crippen molar-refractivity contribution in [2.24, 2.45) is 0 Å². The van der Waals surface area contributed by atoms with Gasteiger partial charge in [-0.05, 0) is 39.5 Å². The molecule has 0 aromatic carbocycles. The summed E-state index contributed by atoms with van der Waals surface area (Å²) in [6, 6.07) is 0.245. The van der Waals surface area contributed by atoms with Gasteiger partial charge >= 0.3 is 6.03 Å². The number of aromatic nitrogens is 5. The van der Waals surface area contributed by atoms with Crippen molar-refractivity contribution in [2.45, 2.75) is 64.5 Å². The molecule has 2 amide bonds. The van der Waals surface area contributed by atoms with Crippen molar-refractivity contribution in [3.63, 3.8) is 0 Å². The maximum atomic E-state index is 12.9. The Hall–Kier alpha value is -2.38. The van der Waals surface area contributed by atoms with Gasteiger partial charge < -0.3 is 4.90 Å². The number of aromatic amines is 1. The Labute approximate surface area is 147 Å². The molecule has 25 heavy (non-hydrogen) atoms. The molecule has 2 aliphatic rings. The molecular formula is C17H25N7O. The van der Waals surface area contributed by atoms with Crippen LogP contribution in [0.25, 0.3) is 0 Å². The van der Waals surface area contributed by atoms with Crippen molar-refractivity contribution in [1.82, 2.24) is 29.9 Å². The lowest BCUT2D eigenvalue weighted by Crippen LogP contribution is -2.35. The first-order chi connectivity index (χ1) is 12.1. The van der Waals surface area contributed by atoms with Crippen molar-refractivity contribution >= 4 is 11.8 Å². The highest BCUT2D eigenvalue weighted by atomic mass is 16.2. The fourth-order valence-corrected chi connectivity index (χ4v) is 3.99. The van der Waals surface area contributed by atoms with Crippen molar-refractivity contribution in [3.8, 4) is 0 Å². The number of amides is 2. The Balaban J connectivity index is 1.53. The number of aryl methyl sites for hydroxylation is 2. The molecule has 1 saturated carbocycles. The van der Waals surface area contributed by atoms with Gasteiger partial charge in [-0.1, -0.05) is 12.8 Å². The lowest BCUT2D eigenvalue weighted by molar-refractivity contribution is 0.204. The number of carbonyl (C=O) groups is 1. The first-order valence-electron chi connectivity index (χ1n) is 9.14. The molecule has 8 heteroatoms. The molecule has 0 bridgehead atoms. The van der Waals surface area contributed by atoms with Gasteiger partial charge in [0.15, 0.2) is 5.82 Å². The number of anilines is 1. The second kappa shape index (κ2) is 6.50. The SMILES string of the molecule is Cc1nc(C2CCCN2C(=O)Nc2c(C)cnn2C2CCCC2)n[nH]1. The molecule has 2 aromatic heterocycles. The van der Waals surface area contributed by atoms with Gasteiger partial charge in [-0.15, -0.1) is 0 Å². The summed E-state index contributed by atoms with van der Waals surface area (Å²) in [6.07, 6.45) is 8.43. The maximum Gasteiger partial charge on any atom is 0.323 e. The highest BCUT2D eigenvalue weighted by molar-refractivity contribution is 5.89. The summed E-state index contributed by atoms with van der Waals surface area (Å²) in [7, 11) is 0. The molecule has 1 aliphatic heterocycles. The van der Waals surface area contributed by atoms with Gasteiger partial charge in [-0.25, -0.2) is 14.5 Å². The van der Waals surface area contributed by atoms with Gasteiger partial charge in [0.1, 0.15) is 11.6 Å². The molecule has 2 aromatic rings. The van der Waals surface area contributed by atoms with Gasteiger partial charge in [0, 0.05) is 12.1 Å². The Kier molecular flexibility index (Phi) is 4.19. The van der Waals surface area contributed by atoms with Crippen LogP contribution >= 0.6 is 0 Å². The molecule has 134 valence electrons. The predicted molar refractivity (Wildman–Crippen MR) is 93.3 cm³/mol. The number of hydrogen-bond donors (Lipinski definition) is 2. The predicted octanol–water partition coefficient (Wildman–Crippen LogP) is 3.10. The molecule has 2 N–H and O–H groups in total. The summed E-state index contributed by atoms with van der Waals surface area (Å²) >= 11 is 0. The second-order valence-corrected chi connectivity index (χ2v) is 7.12. The fraction of sp³-hybridized carbons (Fsp3) is 0.647. The summed E-state index contributed by atoms with van der Waals surface area (Å²) < 4.78 is 2.00. The summed E-state index contributed by atoms with van der Waals surface area (Å²) in [5.41, 5.74) is 1.00. The smallest absolute Gasteiger partial charge is 0.314 e. The molecule has 1 aliphatic carbocycles. The van der Waals surface area contributed by atoms with E-state index < -0.39 is 0 Å². The highest BCUT2D eigenvalue weighted by Gasteiger charge is 2.33. The van der Waals surface area contributed by atoms with Gasteiger partial charge in [-0.3, -0.25) is 10.4 Å². The summed E-state index contributed by atoms with van der Waals surface area (Å²) in [6.45, 7) is 4.59. The maximum absolute atomic E-state index is 12.9. The summed E-state index contributed by atoms with van der Waals surface area (Å²) in [5.74, 6) is 2.30. The molecule has 3 heterocycles. The topological polar surface area (TPSA) is 91.7 Å². The molecule has 2 fully saturated rings. The van der Waals surface area contributed by atoms with Gasteiger partial charge in [-0.2, -0.15) is 10.2 Å². The molecule has 1 atom stereocenters. The number of nitrogens with zero attached hydrogens (tertiary/aromatic N) is 5. The average molecular weight is 343 g/mol. The Bertz CT molecular complexity index is 759. The quantitative estimate of drug-likeness (QED) is 0.896. The van der Waals surface area contributed by atoms with E-state index in [1.54, 1.807) is 0 Å². The zero-order valence-electron chi connectivity index (χ0n) is 14.8. The van der Waals surface area contributed by atoms with E-state index in [2.05, 4.69) is 25.6 Å². The zero-order chi connectivity index (χ0) is 17.4. The molecule has 1 saturated heterocycles. The average Bonchev–Trinajstić information content (AvgIpc) is 3.34. The normalized spacial score (nSPS) is 21.2. The Morgan fingerprint density at radius 1 is 1.24 bits per heavy atom. The fourth-order valence-electron chi connectivity index (χ4n) is 3.99. The lowest BCUT2D eigenvalue weighted by Gasteiger charge is -2.24. The Morgan fingerprint density at radius 3 is 2.76 bits per heavy atom. The third kappa shape index (κ3) is 3.01. The molecule has 0 spiro atoms. The summed E-state index contributed by atoms with van der Waals surface area (Å²) in [5, 5.41) is 14.7.